The highest BCUT2D eigenvalue weighted by Crippen LogP contribution is 2.23. The summed E-state index contributed by atoms with van der Waals surface area (Å²) in [6.07, 6.45) is 6.17. The molecule has 3 aromatic rings. The number of hydrogen-bond acceptors (Lipinski definition) is 3. The lowest BCUT2D eigenvalue weighted by Crippen LogP contribution is -2.35. The van der Waals surface area contributed by atoms with Crippen molar-refractivity contribution in [3.05, 3.63) is 81.8 Å². The standard InChI is InChI=1S/C21H20Cl3N3O2/c22-17-3-5-18(6-4-17)29-14-21(28)27(10-1-9-26-11-8-25-15-26)13-16-2-7-19(23)20(24)12-16/h2-8,11-12,15H,1,9-10,13-14H2. The van der Waals surface area contributed by atoms with Crippen molar-refractivity contribution in [3.8, 4) is 5.75 Å². The van der Waals surface area contributed by atoms with E-state index in [1.165, 1.54) is 0 Å². The van der Waals surface area contributed by atoms with Gasteiger partial charge in [0.05, 0.1) is 16.4 Å². The number of amides is 1. The monoisotopic (exact) mass is 451 g/mol. The number of halogens is 3. The molecule has 1 aromatic heterocycles. The Balaban J connectivity index is 1.63. The molecular weight excluding hydrogens is 433 g/mol. The van der Waals surface area contributed by atoms with Crippen LogP contribution in [0.5, 0.6) is 5.75 Å². The summed E-state index contributed by atoms with van der Waals surface area (Å²) in [5.41, 5.74) is 0.905. The second-order valence-electron chi connectivity index (χ2n) is 6.46. The molecule has 0 aliphatic rings. The molecule has 0 saturated carbocycles. The van der Waals surface area contributed by atoms with Gasteiger partial charge in [0.15, 0.2) is 6.61 Å². The van der Waals surface area contributed by atoms with E-state index in [2.05, 4.69) is 4.98 Å². The van der Waals surface area contributed by atoms with E-state index in [0.717, 1.165) is 18.5 Å². The lowest BCUT2D eigenvalue weighted by atomic mass is 10.2. The molecule has 0 unspecified atom stereocenters. The zero-order chi connectivity index (χ0) is 20.6. The van der Waals surface area contributed by atoms with Crippen LogP contribution in [0.2, 0.25) is 15.1 Å². The van der Waals surface area contributed by atoms with E-state index < -0.39 is 0 Å². The van der Waals surface area contributed by atoms with Gasteiger partial charge < -0.3 is 14.2 Å². The number of rotatable bonds is 9. The van der Waals surface area contributed by atoms with Gasteiger partial charge in [0.1, 0.15) is 5.75 Å². The van der Waals surface area contributed by atoms with Crippen molar-refractivity contribution in [1.29, 1.82) is 0 Å². The first-order valence-corrected chi connectivity index (χ1v) is 10.2. The Morgan fingerprint density at radius 3 is 2.55 bits per heavy atom. The molecule has 29 heavy (non-hydrogen) atoms. The van der Waals surface area contributed by atoms with Gasteiger partial charge >= 0.3 is 0 Å². The first kappa shape index (κ1) is 21.5. The third-order valence-electron chi connectivity index (χ3n) is 4.29. The fraction of sp³-hybridized carbons (Fsp3) is 0.238. The largest absolute Gasteiger partial charge is 0.484 e. The van der Waals surface area contributed by atoms with E-state index >= 15 is 0 Å². The van der Waals surface area contributed by atoms with Gasteiger partial charge in [-0.2, -0.15) is 0 Å². The van der Waals surface area contributed by atoms with Crippen LogP contribution in [0.4, 0.5) is 0 Å². The minimum Gasteiger partial charge on any atom is -0.484 e. The summed E-state index contributed by atoms with van der Waals surface area (Å²) in [5.74, 6) is 0.479. The maximum absolute atomic E-state index is 12.8. The molecule has 0 N–H and O–H groups in total. The molecule has 2 aromatic carbocycles. The van der Waals surface area contributed by atoms with Crippen LogP contribution < -0.4 is 4.74 Å². The van der Waals surface area contributed by atoms with Crippen LogP contribution in [-0.2, 0) is 17.9 Å². The second kappa shape index (κ2) is 10.5. The maximum Gasteiger partial charge on any atom is 0.260 e. The van der Waals surface area contributed by atoms with Crippen molar-refractivity contribution < 1.29 is 9.53 Å². The topological polar surface area (TPSA) is 47.4 Å². The number of aromatic nitrogens is 2. The normalized spacial score (nSPS) is 10.7. The summed E-state index contributed by atoms with van der Waals surface area (Å²) >= 11 is 18.0. The van der Waals surface area contributed by atoms with Crippen molar-refractivity contribution in [2.45, 2.75) is 19.5 Å². The average Bonchev–Trinajstić information content (AvgIpc) is 3.23. The van der Waals surface area contributed by atoms with Gasteiger partial charge in [-0.3, -0.25) is 4.79 Å². The van der Waals surface area contributed by atoms with Gasteiger partial charge in [-0.1, -0.05) is 40.9 Å². The summed E-state index contributed by atoms with van der Waals surface area (Å²) in [5, 5.41) is 1.57. The van der Waals surface area contributed by atoms with E-state index in [9.17, 15) is 4.79 Å². The van der Waals surface area contributed by atoms with Crippen molar-refractivity contribution in [3.63, 3.8) is 0 Å². The molecule has 152 valence electrons. The number of imidazole rings is 1. The number of hydrogen-bond donors (Lipinski definition) is 0. The Kier molecular flexibility index (Phi) is 7.81. The molecule has 0 spiro atoms. The van der Waals surface area contributed by atoms with Crippen LogP contribution >= 0.6 is 34.8 Å². The van der Waals surface area contributed by atoms with Gasteiger partial charge in [-0.05, 0) is 48.4 Å². The third-order valence-corrected chi connectivity index (χ3v) is 5.28. The van der Waals surface area contributed by atoms with Crippen molar-refractivity contribution in [2.24, 2.45) is 0 Å². The minimum atomic E-state index is -0.114. The first-order valence-electron chi connectivity index (χ1n) is 9.07. The average molecular weight is 453 g/mol. The number of aryl methyl sites for hydroxylation is 1. The fourth-order valence-electron chi connectivity index (χ4n) is 2.78. The Labute approximate surface area is 184 Å². The Bertz CT molecular complexity index is 931. The number of nitrogens with zero attached hydrogens (tertiary/aromatic N) is 3. The molecule has 3 rings (SSSR count). The molecule has 0 aliphatic heterocycles. The molecule has 0 fully saturated rings. The number of carbonyl (C=O) groups excluding carboxylic acids is 1. The highest BCUT2D eigenvalue weighted by Gasteiger charge is 2.15. The summed E-state index contributed by atoms with van der Waals surface area (Å²) < 4.78 is 7.60. The summed E-state index contributed by atoms with van der Waals surface area (Å²) in [6, 6.07) is 12.3. The fourth-order valence-corrected chi connectivity index (χ4v) is 3.23. The highest BCUT2D eigenvalue weighted by molar-refractivity contribution is 6.42. The van der Waals surface area contributed by atoms with Crippen molar-refractivity contribution in [2.75, 3.05) is 13.2 Å². The Morgan fingerprint density at radius 2 is 1.86 bits per heavy atom. The molecular formula is C21H20Cl3N3O2. The molecule has 0 atom stereocenters. The van der Waals surface area contributed by atoms with Crippen molar-refractivity contribution in [1.82, 2.24) is 14.5 Å². The molecule has 0 radical (unpaired) electrons. The lowest BCUT2D eigenvalue weighted by Gasteiger charge is -2.23. The van der Waals surface area contributed by atoms with E-state index in [1.54, 1.807) is 53.8 Å². The van der Waals surface area contributed by atoms with Crippen LogP contribution in [0.25, 0.3) is 0 Å². The number of carbonyl (C=O) groups is 1. The van der Waals surface area contributed by atoms with Gasteiger partial charge in [0.2, 0.25) is 0 Å². The van der Waals surface area contributed by atoms with E-state index in [1.807, 2.05) is 16.8 Å². The van der Waals surface area contributed by atoms with Crippen molar-refractivity contribution >= 4 is 40.7 Å². The summed E-state index contributed by atoms with van der Waals surface area (Å²) in [7, 11) is 0. The molecule has 1 heterocycles. The summed E-state index contributed by atoms with van der Waals surface area (Å²) in [4.78, 5) is 18.6. The molecule has 0 saturated heterocycles. The maximum atomic E-state index is 12.8. The van der Waals surface area contributed by atoms with E-state index in [0.29, 0.717) is 33.9 Å². The predicted octanol–water partition coefficient (Wildman–Crippen LogP) is 5.34. The third kappa shape index (κ3) is 6.67. The van der Waals surface area contributed by atoms with E-state index in [4.69, 9.17) is 39.5 Å². The van der Waals surface area contributed by atoms with Crippen LogP contribution in [-0.4, -0.2) is 33.5 Å². The number of ether oxygens (including phenoxy) is 1. The molecule has 8 heteroatoms. The van der Waals surface area contributed by atoms with E-state index in [-0.39, 0.29) is 12.5 Å². The zero-order valence-corrected chi connectivity index (χ0v) is 17.9. The quantitative estimate of drug-likeness (QED) is 0.440. The van der Waals surface area contributed by atoms with Crippen LogP contribution in [0.3, 0.4) is 0 Å². The van der Waals surface area contributed by atoms with Gasteiger partial charge in [0.25, 0.3) is 5.91 Å². The predicted molar refractivity (Wildman–Crippen MR) is 116 cm³/mol. The van der Waals surface area contributed by atoms with Gasteiger partial charge in [0, 0.05) is 37.1 Å². The van der Waals surface area contributed by atoms with Gasteiger partial charge in [-0.25, -0.2) is 4.98 Å². The van der Waals surface area contributed by atoms with Gasteiger partial charge in [-0.15, -0.1) is 0 Å². The highest BCUT2D eigenvalue weighted by atomic mass is 35.5. The van der Waals surface area contributed by atoms with Crippen LogP contribution in [0, 0.1) is 0 Å². The smallest absolute Gasteiger partial charge is 0.260 e. The summed E-state index contributed by atoms with van der Waals surface area (Å²) in [6.45, 7) is 1.70. The Morgan fingerprint density at radius 1 is 1.07 bits per heavy atom. The lowest BCUT2D eigenvalue weighted by molar-refractivity contribution is -0.134. The minimum absolute atomic E-state index is 0.0615. The molecule has 1 amide bonds. The first-order chi connectivity index (χ1) is 14.0. The molecule has 0 aliphatic carbocycles. The Hall–Kier alpha value is -2.21. The SMILES string of the molecule is O=C(COc1ccc(Cl)cc1)N(CCCn1ccnc1)Cc1ccc(Cl)c(Cl)c1. The van der Waals surface area contributed by atoms with Crippen LogP contribution in [0.15, 0.2) is 61.2 Å². The van der Waals surface area contributed by atoms with Crippen LogP contribution in [0.1, 0.15) is 12.0 Å². The molecule has 5 nitrogen and oxygen atoms in total. The second-order valence-corrected chi connectivity index (χ2v) is 7.71. The zero-order valence-electron chi connectivity index (χ0n) is 15.6. The number of benzene rings is 2. The molecule has 0 bridgehead atoms.